The van der Waals surface area contributed by atoms with Gasteiger partial charge < -0.3 is 26.4 Å². The average Bonchev–Trinajstić information content (AvgIpc) is 2.80. The van der Waals surface area contributed by atoms with Crippen LogP contribution in [0.25, 0.3) is 0 Å². The molecule has 2 aromatic rings. The number of halogens is 3. The molecule has 6 N–H and O–H groups in total. The number of benzene rings is 2. The molecule has 0 unspecified atom stereocenters. The van der Waals surface area contributed by atoms with Gasteiger partial charge in [0, 0.05) is 12.0 Å². The number of nitrogens with zero attached hydrogens (tertiary/aromatic N) is 1. The molecule has 0 aliphatic carbocycles. The third-order valence-electron chi connectivity index (χ3n) is 4.42. The van der Waals surface area contributed by atoms with E-state index in [-0.39, 0.29) is 24.6 Å². The molecule has 0 aliphatic heterocycles. The topological polar surface area (TPSA) is 158 Å². The number of alkyl halides is 3. The van der Waals surface area contributed by atoms with E-state index in [9.17, 15) is 27.6 Å². The number of nitrogens with two attached hydrogens (primary N) is 2. The Morgan fingerprint density at radius 3 is 2.31 bits per heavy atom. The van der Waals surface area contributed by atoms with E-state index in [1.807, 2.05) is 13.8 Å². The van der Waals surface area contributed by atoms with Crippen molar-refractivity contribution in [3.05, 3.63) is 65.2 Å². The summed E-state index contributed by atoms with van der Waals surface area (Å²) in [5, 5.41) is 2.36. The number of hydroxylamine groups is 1. The molecule has 36 heavy (non-hydrogen) atoms. The molecule has 2 amide bonds. The highest BCUT2D eigenvalue weighted by Crippen LogP contribution is 2.32. The molecule has 0 saturated heterocycles. The molecule has 0 spiro atoms. The highest BCUT2D eigenvalue weighted by Gasteiger charge is 2.32. The third-order valence-corrected chi connectivity index (χ3v) is 4.42. The van der Waals surface area contributed by atoms with Crippen molar-refractivity contribution in [2.45, 2.75) is 32.5 Å². The van der Waals surface area contributed by atoms with Crippen molar-refractivity contribution in [2.24, 2.45) is 22.4 Å². The first kappa shape index (κ1) is 28.0. The second-order valence-corrected chi connectivity index (χ2v) is 8.03. The predicted molar refractivity (Wildman–Crippen MR) is 124 cm³/mol. The van der Waals surface area contributed by atoms with E-state index in [0.717, 1.165) is 6.07 Å². The summed E-state index contributed by atoms with van der Waals surface area (Å²) in [5.74, 6) is -2.73. The first-order valence-corrected chi connectivity index (χ1v) is 10.6. The Kier molecular flexibility index (Phi) is 9.65. The second-order valence-electron chi connectivity index (χ2n) is 8.03. The summed E-state index contributed by atoms with van der Waals surface area (Å²) in [6, 6.07) is 9.49. The van der Waals surface area contributed by atoms with Crippen LogP contribution < -0.4 is 22.3 Å². The maximum Gasteiger partial charge on any atom is 0.416 e. The van der Waals surface area contributed by atoms with Crippen LogP contribution in [-0.4, -0.2) is 36.6 Å². The summed E-state index contributed by atoms with van der Waals surface area (Å²) in [6.07, 6.45) is -5.70. The van der Waals surface area contributed by atoms with E-state index in [2.05, 4.69) is 10.3 Å². The van der Waals surface area contributed by atoms with Gasteiger partial charge in [0.25, 0.3) is 5.91 Å². The number of carbonyl (C=O) groups excluding carboxylic acids is 3. The monoisotopic (exact) mass is 509 g/mol. The lowest BCUT2D eigenvalue weighted by atomic mass is 10.1. The molecule has 1 atom stereocenters. The van der Waals surface area contributed by atoms with Crippen LogP contribution in [0.2, 0.25) is 0 Å². The van der Waals surface area contributed by atoms with Crippen molar-refractivity contribution in [2.75, 3.05) is 6.61 Å². The number of carbonyl (C=O) groups is 3. The minimum atomic E-state index is -4.80. The number of guanidine groups is 1. The van der Waals surface area contributed by atoms with Crippen LogP contribution in [-0.2, 0) is 27.0 Å². The number of hydrogen-bond acceptors (Lipinski definition) is 6. The van der Waals surface area contributed by atoms with E-state index < -0.39 is 47.3 Å². The Balaban J connectivity index is 2.17. The fourth-order valence-corrected chi connectivity index (χ4v) is 2.82. The minimum Gasteiger partial charge on any atom is -0.449 e. The number of aliphatic imine (C=N–C) groups is 1. The minimum absolute atomic E-state index is 0.00940. The van der Waals surface area contributed by atoms with E-state index in [1.54, 1.807) is 35.8 Å². The van der Waals surface area contributed by atoms with Gasteiger partial charge in [0.2, 0.25) is 0 Å². The Morgan fingerprint density at radius 2 is 1.72 bits per heavy atom. The number of ether oxygens (including phenoxy) is 1. The molecule has 10 nitrogen and oxygen atoms in total. The summed E-state index contributed by atoms with van der Waals surface area (Å²) in [7, 11) is 0. The van der Waals surface area contributed by atoms with Crippen molar-refractivity contribution >= 4 is 29.6 Å². The Bertz CT molecular complexity index is 1100. The van der Waals surface area contributed by atoms with Gasteiger partial charge >= 0.3 is 18.2 Å². The highest BCUT2D eigenvalue weighted by atomic mass is 19.4. The fraction of sp³-hybridized carbons (Fsp3) is 0.304. The number of nitrogens with one attached hydrogen (secondary N) is 2. The zero-order valence-corrected chi connectivity index (χ0v) is 19.5. The molecule has 0 fully saturated rings. The van der Waals surface area contributed by atoms with E-state index >= 15 is 0 Å². The smallest absolute Gasteiger partial charge is 0.416 e. The number of amides is 2. The van der Waals surface area contributed by atoms with Crippen molar-refractivity contribution in [1.29, 1.82) is 0 Å². The maximum absolute atomic E-state index is 13.2. The molecule has 0 saturated carbocycles. The molecule has 2 aromatic carbocycles. The number of alkyl carbamates (subject to hydrolysis) is 1. The van der Waals surface area contributed by atoms with Crippen LogP contribution in [0.3, 0.4) is 0 Å². The lowest BCUT2D eigenvalue weighted by molar-refractivity contribution is -0.151. The van der Waals surface area contributed by atoms with Crippen LogP contribution in [0.15, 0.2) is 53.5 Å². The van der Waals surface area contributed by atoms with E-state index in [4.69, 9.17) is 21.0 Å². The van der Waals surface area contributed by atoms with Gasteiger partial charge in [0.15, 0.2) is 5.96 Å². The highest BCUT2D eigenvalue weighted by molar-refractivity contribution is 5.96. The van der Waals surface area contributed by atoms with Crippen LogP contribution >= 0.6 is 0 Å². The molecule has 0 aliphatic rings. The van der Waals surface area contributed by atoms with Crippen LogP contribution in [0.5, 0.6) is 0 Å². The summed E-state index contributed by atoms with van der Waals surface area (Å²) in [4.78, 5) is 45.5. The SMILES string of the molecule is CC(C)COC(=O)N[C@@H](Cc1ccccc1)C(=O)ONC(=O)c1cc(N=C(N)N)cc(C(F)(F)F)c1. The maximum atomic E-state index is 13.2. The quantitative estimate of drug-likeness (QED) is 0.242. The Hall–Kier alpha value is -4.29. The summed E-state index contributed by atoms with van der Waals surface area (Å²) < 4.78 is 44.7. The average molecular weight is 509 g/mol. The number of rotatable bonds is 8. The molecule has 0 aromatic heterocycles. The second kappa shape index (κ2) is 12.4. The van der Waals surface area contributed by atoms with Crippen molar-refractivity contribution < 1.29 is 37.1 Å². The Morgan fingerprint density at radius 1 is 1.06 bits per heavy atom. The molecule has 13 heteroatoms. The van der Waals surface area contributed by atoms with Crippen molar-refractivity contribution in [3.8, 4) is 0 Å². The standard InChI is InChI=1S/C23H26F3N5O5/c1-13(2)12-35-22(34)30-18(8-14-6-4-3-5-7-14)20(33)36-31-19(32)15-9-16(23(24,25)26)11-17(10-15)29-21(27)28/h3-7,9-11,13,18H,8,12H2,1-2H3,(H,30,34)(H,31,32)(H4,27,28,29)/t18-/m0/s1. The van der Waals surface area contributed by atoms with Gasteiger partial charge in [-0.15, -0.1) is 0 Å². The van der Waals surface area contributed by atoms with E-state index in [0.29, 0.717) is 17.7 Å². The van der Waals surface area contributed by atoms with Gasteiger partial charge in [-0.25, -0.2) is 14.6 Å². The molecular formula is C23H26F3N5O5. The Labute approximate surface area is 204 Å². The first-order chi connectivity index (χ1) is 16.8. The van der Waals surface area contributed by atoms with Crippen molar-refractivity contribution in [1.82, 2.24) is 10.8 Å². The lowest BCUT2D eigenvalue weighted by Crippen LogP contribution is -2.46. The third kappa shape index (κ3) is 9.16. The van der Waals surface area contributed by atoms with Crippen LogP contribution in [0.4, 0.5) is 23.7 Å². The lowest BCUT2D eigenvalue weighted by Gasteiger charge is -2.18. The largest absolute Gasteiger partial charge is 0.449 e. The molecule has 2 rings (SSSR count). The predicted octanol–water partition coefficient (Wildman–Crippen LogP) is 2.79. The van der Waals surface area contributed by atoms with Gasteiger partial charge in [-0.3, -0.25) is 4.79 Å². The zero-order valence-electron chi connectivity index (χ0n) is 19.5. The summed E-state index contributed by atoms with van der Waals surface area (Å²) in [6.45, 7) is 3.75. The zero-order chi connectivity index (χ0) is 26.9. The van der Waals surface area contributed by atoms with Gasteiger partial charge in [0.05, 0.1) is 17.9 Å². The van der Waals surface area contributed by atoms with Crippen molar-refractivity contribution in [3.63, 3.8) is 0 Å². The van der Waals surface area contributed by atoms with Crippen LogP contribution in [0.1, 0.15) is 35.3 Å². The normalized spacial score (nSPS) is 11.8. The number of hydrogen-bond donors (Lipinski definition) is 4. The molecular weight excluding hydrogens is 483 g/mol. The van der Waals surface area contributed by atoms with Gasteiger partial charge in [0.1, 0.15) is 6.04 Å². The van der Waals surface area contributed by atoms with Gasteiger partial charge in [-0.2, -0.15) is 18.7 Å². The fourth-order valence-electron chi connectivity index (χ4n) is 2.82. The molecule has 0 radical (unpaired) electrons. The summed E-state index contributed by atoms with van der Waals surface area (Å²) in [5.41, 5.74) is 10.8. The van der Waals surface area contributed by atoms with Crippen LogP contribution in [0, 0.1) is 5.92 Å². The van der Waals surface area contributed by atoms with Gasteiger partial charge in [-0.05, 0) is 29.7 Å². The van der Waals surface area contributed by atoms with Gasteiger partial charge in [-0.1, -0.05) is 44.2 Å². The van der Waals surface area contributed by atoms with E-state index in [1.165, 1.54) is 0 Å². The first-order valence-electron chi connectivity index (χ1n) is 10.6. The molecule has 0 heterocycles. The summed E-state index contributed by atoms with van der Waals surface area (Å²) >= 11 is 0. The molecule has 0 bridgehead atoms. The molecule has 194 valence electrons.